The monoisotopic (exact) mass is 483 g/mol. The van der Waals surface area contributed by atoms with Crippen molar-refractivity contribution in [3.63, 3.8) is 0 Å². The van der Waals surface area contributed by atoms with E-state index < -0.39 is 11.9 Å². The number of aromatic nitrogens is 3. The molecule has 0 fully saturated rings. The lowest BCUT2D eigenvalue weighted by Gasteiger charge is -2.30. The summed E-state index contributed by atoms with van der Waals surface area (Å²) in [7, 11) is 0. The summed E-state index contributed by atoms with van der Waals surface area (Å²) >= 11 is 0. The van der Waals surface area contributed by atoms with Gasteiger partial charge in [0, 0.05) is 5.69 Å². The van der Waals surface area contributed by atoms with Crippen LogP contribution in [0.3, 0.4) is 0 Å². The highest BCUT2D eigenvalue weighted by Crippen LogP contribution is 2.29. The van der Waals surface area contributed by atoms with Crippen molar-refractivity contribution in [3.05, 3.63) is 102 Å². The minimum Gasteiger partial charge on any atom is -0.467 e. The molecule has 1 unspecified atom stereocenters. The number of amides is 2. The molecule has 3 aromatic heterocycles. The molecule has 0 spiro atoms. The van der Waals surface area contributed by atoms with Crippen LogP contribution in [-0.4, -0.2) is 26.8 Å². The molecule has 0 radical (unpaired) electrons. The van der Waals surface area contributed by atoms with Gasteiger partial charge in [0.25, 0.3) is 5.91 Å². The van der Waals surface area contributed by atoms with Gasteiger partial charge in [-0.3, -0.25) is 14.5 Å². The average Bonchev–Trinajstić information content (AvgIpc) is 3.69. The summed E-state index contributed by atoms with van der Waals surface area (Å²) in [6, 6.07) is 20.8. The van der Waals surface area contributed by atoms with Crippen LogP contribution in [0.5, 0.6) is 0 Å². The average molecular weight is 484 g/mol. The van der Waals surface area contributed by atoms with Crippen LogP contribution in [0.15, 0.2) is 94.2 Å². The van der Waals surface area contributed by atoms with Gasteiger partial charge >= 0.3 is 0 Å². The van der Waals surface area contributed by atoms with Crippen LogP contribution in [0.2, 0.25) is 0 Å². The van der Waals surface area contributed by atoms with Gasteiger partial charge in [0.2, 0.25) is 5.91 Å². The number of nitrogens with one attached hydrogen (secondary N) is 1. The number of furan rings is 2. The van der Waals surface area contributed by atoms with Crippen molar-refractivity contribution in [1.29, 1.82) is 0 Å². The Hall–Kier alpha value is -4.66. The van der Waals surface area contributed by atoms with Crippen molar-refractivity contribution >= 4 is 28.5 Å². The second-order valence-electron chi connectivity index (χ2n) is 8.23. The normalized spacial score (nSPS) is 11.9. The first-order valence-electron chi connectivity index (χ1n) is 11.7. The molecule has 1 atom stereocenters. The minimum absolute atomic E-state index is 0.112. The van der Waals surface area contributed by atoms with Gasteiger partial charge in [-0.2, -0.15) is 0 Å². The van der Waals surface area contributed by atoms with Crippen molar-refractivity contribution < 1.29 is 18.4 Å². The summed E-state index contributed by atoms with van der Waals surface area (Å²) in [5.74, 6) is 0.186. The second-order valence-corrected chi connectivity index (χ2v) is 8.23. The van der Waals surface area contributed by atoms with Gasteiger partial charge in [-0.05, 0) is 60.5 Å². The summed E-state index contributed by atoms with van der Waals surface area (Å²) < 4.78 is 12.5. The van der Waals surface area contributed by atoms with Gasteiger partial charge in [-0.1, -0.05) is 36.4 Å². The number of carbonyl (C=O) groups excluding carboxylic acids is 2. The lowest BCUT2D eigenvalue weighted by molar-refractivity contribution is -0.127. The lowest BCUT2D eigenvalue weighted by Crippen LogP contribution is -2.45. The largest absolute Gasteiger partial charge is 0.467 e. The van der Waals surface area contributed by atoms with Gasteiger partial charge in [0.1, 0.15) is 23.6 Å². The van der Waals surface area contributed by atoms with E-state index in [4.69, 9.17) is 8.83 Å². The van der Waals surface area contributed by atoms with E-state index in [1.807, 2.05) is 48.5 Å². The van der Waals surface area contributed by atoms with E-state index in [0.717, 1.165) is 17.5 Å². The minimum atomic E-state index is -1.05. The van der Waals surface area contributed by atoms with Crippen LogP contribution >= 0.6 is 0 Å². The van der Waals surface area contributed by atoms with E-state index in [1.54, 1.807) is 30.5 Å². The number of hydrogen-bond acceptors (Lipinski definition) is 6. The molecule has 5 rings (SSSR count). The fourth-order valence-electron chi connectivity index (χ4n) is 4.07. The molecular weight excluding hydrogens is 458 g/mol. The highest BCUT2D eigenvalue weighted by molar-refractivity contribution is 6.01. The number of para-hydroxylation sites is 1. The maximum absolute atomic E-state index is 13.9. The smallest absolute Gasteiger partial charge is 0.251 e. The molecule has 1 N–H and O–H groups in total. The molecule has 9 nitrogen and oxygen atoms in total. The molecule has 0 aliphatic heterocycles. The second kappa shape index (κ2) is 10.3. The Balaban J connectivity index is 1.52. The van der Waals surface area contributed by atoms with Crippen LogP contribution in [0.25, 0.3) is 11.0 Å². The first-order chi connectivity index (χ1) is 17.6. The van der Waals surface area contributed by atoms with Gasteiger partial charge in [0.05, 0.1) is 24.6 Å². The fourth-order valence-corrected chi connectivity index (χ4v) is 4.07. The molecule has 9 heteroatoms. The summed E-state index contributed by atoms with van der Waals surface area (Å²) in [4.78, 5) is 28.9. The quantitative estimate of drug-likeness (QED) is 0.336. The highest BCUT2D eigenvalue weighted by Gasteiger charge is 2.35. The fraction of sp³-hybridized carbons (Fsp3) is 0.185. The number of hydrogen-bond donors (Lipinski definition) is 1. The molecule has 2 amide bonds. The maximum atomic E-state index is 13.9. The van der Waals surface area contributed by atoms with Gasteiger partial charge in [0.15, 0.2) is 6.04 Å². The lowest BCUT2D eigenvalue weighted by atomic mass is 10.1. The van der Waals surface area contributed by atoms with Crippen molar-refractivity contribution in [2.45, 2.75) is 32.5 Å². The molecule has 0 aliphatic carbocycles. The van der Waals surface area contributed by atoms with Crippen molar-refractivity contribution in [3.8, 4) is 0 Å². The molecule has 182 valence electrons. The third-order valence-electron chi connectivity index (χ3n) is 5.93. The Morgan fingerprint density at radius 2 is 1.75 bits per heavy atom. The number of fused-ring (bicyclic) bond motifs is 1. The molecule has 3 heterocycles. The number of anilines is 1. The number of nitrogens with zero attached hydrogens (tertiary/aromatic N) is 4. The van der Waals surface area contributed by atoms with Crippen LogP contribution < -0.4 is 10.2 Å². The zero-order valence-electron chi connectivity index (χ0n) is 19.7. The number of aryl methyl sites for hydroxylation is 1. The van der Waals surface area contributed by atoms with Crippen molar-refractivity contribution in [2.24, 2.45) is 0 Å². The zero-order chi connectivity index (χ0) is 24.9. The van der Waals surface area contributed by atoms with E-state index in [-0.39, 0.29) is 19.0 Å². The first kappa shape index (κ1) is 23.1. The summed E-state index contributed by atoms with van der Waals surface area (Å²) in [6.45, 7) is 2.12. The topological polar surface area (TPSA) is 106 Å². The van der Waals surface area contributed by atoms with Crippen molar-refractivity contribution in [2.75, 3.05) is 4.90 Å². The Morgan fingerprint density at radius 3 is 2.47 bits per heavy atom. The molecule has 0 bridgehead atoms. The van der Waals surface area contributed by atoms with Gasteiger partial charge in [-0.25, -0.2) is 4.68 Å². The summed E-state index contributed by atoms with van der Waals surface area (Å²) in [5.41, 5.74) is 3.09. The van der Waals surface area contributed by atoms with E-state index in [9.17, 15) is 9.59 Å². The number of carbonyl (C=O) groups is 2. The molecule has 0 aliphatic rings. The predicted molar refractivity (Wildman–Crippen MR) is 133 cm³/mol. The van der Waals surface area contributed by atoms with Gasteiger partial charge < -0.3 is 14.2 Å². The highest BCUT2D eigenvalue weighted by atomic mass is 16.3. The molecule has 5 aromatic rings. The zero-order valence-corrected chi connectivity index (χ0v) is 19.7. The van der Waals surface area contributed by atoms with Crippen LogP contribution in [0.1, 0.15) is 30.0 Å². The Bertz CT molecular complexity index is 1440. The van der Waals surface area contributed by atoms with E-state index >= 15 is 0 Å². The SMILES string of the molecule is CCc1ccc(N(C(=O)Cn2nnc3ccccc32)C(C(=O)NCc2ccco2)c2ccco2)cc1. The molecule has 2 aromatic carbocycles. The standard InChI is InChI=1S/C27H25N5O4/c1-2-19-11-13-20(14-12-19)32(25(33)18-31-23-9-4-3-8-22(23)29-30-31)26(24-10-6-16-36-24)27(34)28-17-21-7-5-15-35-21/h3-16,26H,2,17-18H2,1H3,(H,28,34). The van der Waals surface area contributed by atoms with Gasteiger partial charge in [-0.15, -0.1) is 5.10 Å². The Labute approximate surface area is 207 Å². The predicted octanol–water partition coefficient (Wildman–Crippen LogP) is 4.27. The summed E-state index contributed by atoms with van der Waals surface area (Å²) in [5, 5.41) is 11.2. The van der Waals surface area contributed by atoms with Crippen LogP contribution in [-0.2, 0) is 29.1 Å². The van der Waals surface area contributed by atoms with Crippen molar-refractivity contribution in [1.82, 2.24) is 20.3 Å². The molecular formula is C27H25N5O4. The number of rotatable bonds is 9. The molecule has 0 saturated carbocycles. The Kier molecular flexibility index (Phi) is 6.61. The van der Waals surface area contributed by atoms with E-state index in [2.05, 4.69) is 22.6 Å². The van der Waals surface area contributed by atoms with Crippen LogP contribution in [0.4, 0.5) is 5.69 Å². The third kappa shape index (κ3) is 4.76. The maximum Gasteiger partial charge on any atom is 0.251 e. The van der Waals surface area contributed by atoms with E-state index in [0.29, 0.717) is 22.7 Å². The third-order valence-corrected chi connectivity index (χ3v) is 5.93. The van der Waals surface area contributed by atoms with Crippen LogP contribution in [0, 0.1) is 0 Å². The Morgan fingerprint density at radius 1 is 0.972 bits per heavy atom. The van der Waals surface area contributed by atoms with E-state index in [1.165, 1.54) is 15.8 Å². The first-order valence-corrected chi connectivity index (χ1v) is 11.7. The molecule has 0 saturated heterocycles. The number of benzene rings is 2. The summed E-state index contributed by atoms with van der Waals surface area (Å²) in [6.07, 6.45) is 3.87. The molecule has 36 heavy (non-hydrogen) atoms.